The summed E-state index contributed by atoms with van der Waals surface area (Å²) in [6.07, 6.45) is 1.48. The van der Waals surface area contributed by atoms with E-state index in [2.05, 4.69) is 37.2 Å². The Kier molecular flexibility index (Phi) is 8.05. The van der Waals surface area contributed by atoms with E-state index in [1.807, 2.05) is 44.7 Å². The molecular weight excluding hydrogens is 500 g/mol. The van der Waals surface area contributed by atoms with Gasteiger partial charge in [-0.3, -0.25) is 4.90 Å². The highest BCUT2D eigenvalue weighted by Gasteiger charge is 2.34. The Balaban J connectivity index is 1.41. The number of oxime groups is 1. The van der Waals surface area contributed by atoms with Crippen molar-refractivity contribution >= 4 is 40.7 Å². The molecule has 0 radical (unpaired) electrons. The zero-order valence-corrected chi connectivity index (χ0v) is 23.2. The van der Waals surface area contributed by atoms with Crippen LogP contribution in [0.3, 0.4) is 0 Å². The van der Waals surface area contributed by atoms with Crippen LogP contribution in [-0.2, 0) is 16.1 Å². The molecule has 0 aliphatic carbocycles. The first-order valence-electron chi connectivity index (χ1n) is 12.8. The van der Waals surface area contributed by atoms with Gasteiger partial charge in [0.05, 0.1) is 16.6 Å². The van der Waals surface area contributed by atoms with Crippen LogP contribution >= 0.6 is 0 Å². The highest BCUT2D eigenvalue weighted by molar-refractivity contribution is 5.94. The van der Waals surface area contributed by atoms with Crippen molar-refractivity contribution in [3.05, 3.63) is 47.7 Å². The first kappa shape index (κ1) is 27.8. The number of rotatable bonds is 6. The molecule has 39 heavy (non-hydrogen) atoms. The number of amidine groups is 1. The number of piperazine rings is 1. The zero-order valence-electron chi connectivity index (χ0n) is 23.2. The van der Waals surface area contributed by atoms with Crippen LogP contribution in [0.1, 0.15) is 57.5 Å². The monoisotopic (exact) mass is 536 g/mol. The van der Waals surface area contributed by atoms with Crippen LogP contribution in [-0.4, -0.2) is 73.4 Å². The van der Waals surface area contributed by atoms with E-state index in [9.17, 15) is 9.59 Å². The highest BCUT2D eigenvalue weighted by Crippen LogP contribution is 2.23. The molecule has 1 aliphatic heterocycles. The third kappa shape index (κ3) is 7.23. The van der Waals surface area contributed by atoms with Gasteiger partial charge in [-0.1, -0.05) is 5.16 Å². The van der Waals surface area contributed by atoms with E-state index < -0.39 is 11.6 Å². The molecule has 208 valence electrons. The number of fused-ring (bicyclic) bond motifs is 1. The normalized spacial score (nSPS) is 18.7. The van der Waals surface area contributed by atoms with Gasteiger partial charge in [-0.05, 0) is 77.4 Å². The van der Waals surface area contributed by atoms with E-state index in [0.717, 1.165) is 12.1 Å². The smallest absolute Gasteiger partial charge is 0.410 e. The Labute approximate surface area is 227 Å². The zero-order chi connectivity index (χ0) is 28.3. The maximum absolute atomic E-state index is 12.7. The number of H-pyrrole nitrogens is 1. The average Bonchev–Trinajstić information content (AvgIpc) is 3.25. The van der Waals surface area contributed by atoms with Gasteiger partial charge >= 0.3 is 12.1 Å². The summed E-state index contributed by atoms with van der Waals surface area (Å²) in [4.78, 5) is 45.9. The number of imidazole rings is 1. The van der Waals surface area contributed by atoms with E-state index in [1.165, 1.54) is 6.92 Å². The predicted molar refractivity (Wildman–Crippen MR) is 149 cm³/mol. The van der Waals surface area contributed by atoms with Crippen LogP contribution < -0.4 is 11.1 Å². The lowest BCUT2D eigenvalue weighted by Crippen LogP contribution is -2.58. The number of hydrogen-bond acceptors (Lipinski definition) is 9. The number of ether oxygens (including phenoxy) is 1. The van der Waals surface area contributed by atoms with Crippen molar-refractivity contribution in [1.82, 2.24) is 24.8 Å². The standard InChI is InChI=1S/C27H36N8O4/c1-16-14-35(26(37)38-27(4,5)6)17(2)13-34(16)15-19-9-10-29-23(11-19)32-25-30-21-8-7-20(12-22(21)31-25)24(36)39-33-18(3)28/h7-12,16-17H,13-15H2,1-6H3,(H2,28,33)(H2,29,30,31,32)/t16-,17+/m0/s1. The second kappa shape index (κ2) is 11.3. The van der Waals surface area contributed by atoms with Crippen molar-refractivity contribution in [2.75, 3.05) is 18.4 Å². The molecule has 0 saturated carbocycles. The molecule has 1 saturated heterocycles. The lowest BCUT2D eigenvalue weighted by molar-refractivity contribution is -0.0117. The van der Waals surface area contributed by atoms with Crippen molar-refractivity contribution in [2.45, 2.75) is 65.8 Å². The fraction of sp³-hybridized carbons (Fsp3) is 0.444. The van der Waals surface area contributed by atoms with Gasteiger partial charge in [0.25, 0.3) is 0 Å². The number of aromatic nitrogens is 3. The number of anilines is 2. The molecule has 0 bridgehead atoms. The van der Waals surface area contributed by atoms with Crippen LogP contribution in [0.4, 0.5) is 16.6 Å². The fourth-order valence-corrected chi connectivity index (χ4v) is 4.35. The van der Waals surface area contributed by atoms with Crippen LogP contribution in [0.15, 0.2) is 41.7 Å². The number of aromatic amines is 1. The number of pyridine rings is 1. The van der Waals surface area contributed by atoms with Crippen molar-refractivity contribution in [3.8, 4) is 0 Å². The lowest BCUT2D eigenvalue weighted by atomic mass is 10.1. The summed E-state index contributed by atoms with van der Waals surface area (Å²) in [5.74, 6) is 0.658. The second-order valence-electron chi connectivity index (χ2n) is 10.9. The molecule has 1 aliphatic rings. The summed E-state index contributed by atoms with van der Waals surface area (Å²) < 4.78 is 5.59. The molecule has 2 aromatic heterocycles. The molecule has 4 rings (SSSR count). The van der Waals surface area contributed by atoms with Crippen molar-refractivity contribution in [3.63, 3.8) is 0 Å². The van der Waals surface area contributed by atoms with Crippen molar-refractivity contribution in [1.29, 1.82) is 0 Å². The first-order valence-corrected chi connectivity index (χ1v) is 12.8. The summed E-state index contributed by atoms with van der Waals surface area (Å²) in [7, 11) is 0. The molecule has 12 heteroatoms. The van der Waals surface area contributed by atoms with Gasteiger partial charge in [0.1, 0.15) is 17.3 Å². The van der Waals surface area contributed by atoms with E-state index in [0.29, 0.717) is 41.5 Å². The SMILES string of the molecule is C/C(N)=N/OC(=O)c1ccc2nc(Nc3cc(CN4C[C@@H](C)N(C(=O)OC(C)(C)C)C[C@@H]4C)ccn3)[nH]c2c1. The number of nitrogens with one attached hydrogen (secondary N) is 2. The van der Waals surface area contributed by atoms with Gasteiger partial charge in [0.15, 0.2) is 0 Å². The number of hydrogen-bond donors (Lipinski definition) is 3. The van der Waals surface area contributed by atoms with E-state index >= 15 is 0 Å². The maximum atomic E-state index is 12.7. The Bertz CT molecular complexity index is 1380. The quantitative estimate of drug-likeness (QED) is 0.184. The number of carbonyl (C=O) groups is 2. The average molecular weight is 537 g/mol. The number of benzene rings is 1. The molecule has 0 spiro atoms. The van der Waals surface area contributed by atoms with E-state index in [4.69, 9.17) is 15.3 Å². The molecule has 0 unspecified atom stereocenters. The Morgan fingerprint density at radius 3 is 2.67 bits per heavy atom. The summed E-state index contributed by atoms with van der Waals surface area (Å²) in [5.41, 5.74) is 7.62. The topological polar surface area (TPSA) is 151 Å². The van der Waals surface area contributed by atoms with Crippen LogP contribution in [0.2, 0.25) is 0 Å². The van der Waals surface area contributed by atoms with Crippen LogP contribution in [0.25, 0.3) is 11.0 Å². The van der Waals surface area contributed by atoms with Gasteiger partial charge in [-0.2, -0.15) is 0 Å². The molecule has 3 aromatic rings. The van der Waals surface area contributed by atoms with Crippen molar-refractivity contribution < 1.29 is 19.2 Å². The summed E-state index contributed by atoms with van der Waals surface area (Å²) in [5, 5.41) is 6.70. The highest BCUT2D eigenvalue weighted by atomic mass is 16.7. The first-order chi connectivity index (χ1) is 18.4. The number of nitrogens with zero attached hydrogens (tertiary/aromatic N) is 5. The minimum absolute atomic E-state index is 0.0272. The van der Waals surface area contributed by atoms with Gasteiger partial charge < -0.3 is 30.5 Å². The molecule has 1 aromatic carbocycles. The number of carbonyl (C=O) groups excluding carboxylic acids is 2. The molecule has 1 amide bonds. The van der Waals surface area contributed by atoms with Gasteiger partial charge in [-0.15, -0.1) is 0 Å². The largest absolute Gasteiger partial charge is 0.444 e. The minimum atomic E-state index is -0.615. The maximum Gasteiger partial charge on any atom is 0.410 e. The number of amides is 1. The molecule has 1 fully saturated rings. The van der Waals surface area contributed by atoms with Gasteiger partial charge in [-0.25, -0.2) is 19.6 Å². The summed E-state index contributed by atoms with van der Waals surface area (Å²) >= 11 is 0. The van der Waals surface area contributed by atoms with Gasteiger partial charge in [0, 0.05) is 37.9 Å². The van der Waals surface area contributed by atoms with Gasteiger partial charge in [0.2, 0.25) is 5.95 Å². The lowest BCUT2D eigenvalue weighted by Gasteiger charge is -2.44. The predicted octanol–water partition coefficient (Wildman–Crippen LogP) is 3.98. The second-order valence-corrected chi connectivity index (χ2v) is 10.9. The molecule has 2 atom stereocenters. The summed E-state index contributed by atoms with van der Waals surface area (Å²) in [6.45, 7) is 13.4. The molecule has 12 nitrogen and oxygen atoms in total. The van der Waals surface area contributed by atoms with E-state index in [-0.39, 0.29) is 24.0 Å². The number of nitrogens with two attached hydrogens (primary N) is 1. The Hall–Kier alpha value is -4.19. The van der Waals surface area contributed by atoms with Crippen molar-refractivity contribution in [2.24, 2.45) is 10.9 Å². The van der Waals surface area contributed by atoms with Crippen LogP contribution in [0, 0.1) is 0 Å². The van der Waals surface area contributed by atoms with Crippen LogP contribution in [0.5, 0.6) is 0 Å². The molecular formula is C27H36N8O4. The summed E-state index contributed by atoms with van der Waals surface area (Å²) in [6, 6.07) is 9.11. The van der Waals surface area contributed by atoms with E-state index in [1.54, 1.807) is 24.4 Å². The third-order valence-corrected chi connectivity index (χ3v) is 6.19. The minimum Gasteiger partial charge on any atom is -0.444 e. The Morgan fingerprint density at radius 2 is 1.95 bits per heavy atom. The Morgan fingerprint density at radius 1 is 1.18 bits per heavy atom. The fourth-order valence-electron chi connectivity index (χ4n) is 4.35. The molecule has 4 N–H and O–H groups in total. The molecule has 3 heterocycles. The third-order valence-electron chi connectivity index (χ3n) is 6.19.